The molecule has 0 bridgehead atoms. The number of nitrogens with zero attached hydrogens (tertiary/aromatic N) is 1. The van der Waals surface area contributed by atoms with Crippen molar-refractivity contribution in [2.24, 2.45) is 0 Å². The van der Waals surface area contributed by atoms with E-state index in [1.54, 1.807) is 7.11 Å². The van der Waals surface area contributed by atoms with E-state index in [-0.39, 0.29) is 6.10 Å². The lowest BCUT2D eigenvalue weighted by Gasteiger charge is -2.28. The fraction of sp³-hybridized carbons (Fsp3) is 0.478. The van der Waals surface area contributed by atoms with Crippen LogP contribution in [0, 0.1) is 0 Å². The summed E-state index contributed by atoms with van der Waals surface area (Å²) in [6.45, 7) is 8.17. The van der Waals surface area contributed by atoms with Gasteiger partial charge in [-0.2, -0.15) is 0 Å². The molecule has 4 heteroatoms. The molecule has 0 saturated carbocycles. The minimum atomic E-state index is 0.181. The van der Waals surface area contributed by atoms with Crippen molar-refractivity contribution in [1.29, 1.82) is 0 Å². The Kier molecular flexibility index (Phi) is 7.13. The molecule has 1 unspecified atom stereocenters. The summed E-state index contributed by atoms with van der Waals surface area (Å²) in [5.74, 6) is 1.89. The second-order valence-corrected chi connectivity index (χ2v) is 7.44. The molecule has 3 rings (SSSR count). The molecule has 0 radical (unpaired) electrons. The maximum Gasteiger partial charge on any atom is 0.124 e. The second kappa shape index (κ2) is 9.77. The van der Waals surface area contributed by atoms with Gasteiger partial charge in [0.15, 0.2) is 0 Å². The predicted octanol–water partition coefficient (Wildman–Crippen LogP) is 4.41. The lowest BCUT2D eigenvalue weighted by Crippen LogP contribution is -2.34. The Morgan fingerprint density at radius 2 is 1.81 bits per heavy atom. The average Bonchev–Trinajstić information content (AvgIpc) is 3.20. The number of likely N-dealkylation sites (tertiary alicyclic amines) is 1. The van der Waals surface area contributed by atoms with Crippen LogP contribution < -0.4 is 14.8 Å². The van der Waals surface area contributed by atoms with Crippen LogP contribution in [0.15, 0.2) is 48.5 Å². The van der Waals surface area contributed by atoms with Gasteiger partial charge in [-0.3, -0.25) is 4.90 Å². The topological polar surface area (TPSA) is 33.7 Å². The van der Waals surface area contributed by atoms with Crippen molar-refractivity contribution in [3.8, 4) is 11.5 Å². The fourth-order valence-electron chi connectivity index (χ4n) is 3.72. The van der Waals surface area contributed by atoms with E-state index in [1.807, 2.05) is 12.1 Å². The van der Waals surface area contributed by atoms with Gasteiger partial charge in [0.05, 0.1) is 13.2 Å². The third-order valence-electron chi connectivity index (χ3n) is 5.05. The molecule has 0 amide bonds. The third kappa shape index (κ3) is 5.47. The Morgan fingerprint density at radius 3 is 2.56 bits per heavy atom. The van der Waals surface area contributed by atoms with E-state index in [9.17, 15) is 0 Å². The normalized spacial score (nSPS) is 15.9. The summed E-state index contributed by atoms with van der Waals surface area (Å²) in [5.41, 5.74) is 2.52. The Labute approximate surface area is 163 Å². The van der Waals surface area contributed by atoms with E-state index >= 15 is 0 Å². The molecule has 1 heterocycles. The number of ether oxygens (including phenoxy) is 2. The van der Waals surface area contributed by atoms with Crippen molar-refractivity contribution in [2.45, 2.75) is 45.4 Å². The SMILES string of the molecule is COc1cccc(C(CNCc2ccccc2OC(C)C)N2CCCC2)c1. The summed E-state index contributed by atoms with van der Waals surface area (Å²) in [7, 11) is 1.73. The van der Waals surface area contributed by atoms with Gasteiger partial charge in [0.1, 0.15) is 11.5 Å². The first kappa shape index (κ1) is 19.7. The minimum Gasteiger partial charge on any atom is -0.497 e. The van der Waals surface area contributed by atoms with Crippen molar-refractivity contribution in [1.82, 2.24) is 10.2 Å². The molecule has 2 aromatic carbocycles. The first-order valence-electron chi connectivity index (χ1n) is 10.0. The Bertz CT molecular complexity index is 711. The van der Waals surface area contributed by atoms with Gasteiger partial charge < -0.3 is 14.8 Å². The van der Waals surface area contributed by atoms with Crippen LogP contribution in [0.1, 0.15) is 43.9 Å². The monoisotopic (exact) mass is 368 g/mol. The molecular formula is C23H32N2O2. The van der Waals surface area contributed by atoms with Gasteiger partial charge in [0.25, 0.3) is 0 Å². The summed E-state index contributed by atoms with van der Waals surface area (Å²) in [4.78, 5) is 2.58. The van der Waals surface area contributed by atoms with Crippen molar-refractivity contribution in [3.63, 3.8) is 0 Å². The maximum atomic E-state index is 5.95. The van der Waals surface area contributed by atoms with E-state index < -0.39 is 0 Å². The number of nitrogens with one attached hydrogen (secondary N) is 1. The van der Waals surface area contributed by atoms with Crippen molar-refractivity contribution < 1.29 is 9.47 Å². The number of hydrogen-bond acceptors (Lipinski definition) is 4. The lowest BCUT2D eigenvalue weighted by atomic mass is 10.0. The third-order valence-corrected chi connectivity index (χ3v) is 5.05. The molecule has 1 saturated heterocycles. The van der Waals surface area contributed by atoms with Crippen LogP contribution in [0.3, 0.4) is 0 Å². The van der Waals surface area contributed by atoms with Gasteiger partial charge in [-0.05, 0) is 63.5 Å². The van der Waals surface area contributed by atoms with Gasteiger partial charge in [0, 0.05) is 24.7 Å². The Morgan fingerprint density at radius 1 is 1.04 bits per heavy atom. The zero-order valence-corrected chi connectivity index (χ0v) is 16.8. The highest BCUT2D eigenvalue weighted by atomic mass is 16.5. The molecule has 146 valence electrons. The Hall–Kier alpha value is -2.04. The van der Waals surface area contributed by atoms with Gasteiger partial charge in [-0.25, -0.2) is 0 Å². The summed E-state index contributed by atoms with van der Waals surface area (Å²) >= 11 is 0. The van der Waals surface area contributed by atoms with Crippen molar-refractivity contribution in [3.05, 3.63) is 59.7 Å². The Balaban J connectivity index is 1.68. The van der Waals surface area contributed by atoms with E-state index in [2.05, 4.69) is 60.5 Å². The number of benzene rings is 2. The molecule has 4 nitrogen and oxygen atoms in total. The van der Waals surface area contributed by atoms with Crippen LogP contribution in [0.2, 0.25) is 0 Å². The van der Waals surface area contributed by atoms with Crippen LogP contribution in [0.5, 0.6) is 11.5 Å². The molecule has 2 aromatic rings. The lowest BCUT2D eigenvalue weighted by molar-refractivity contribution is 0.232. The van der Waals surface area contributed by atoms with Crippen LogP contribution >= 0.6 is 0 Å². The molecule has 27 heavy (non-hydrogen) atoms. The fourth-order valence-corrected chi connectivity index (χ4v) is 3.72. The standard InChI is InChI=1S/C23H32N2O2/c1-18(2)27-23-12-5-4-9-20(23)16-24-17-22(25-13-6-7-14-25)19-10-8-11-21(15-19)26-3/h4-5,8-12,15,18,22,24H,6-7,13-14,16-17H2,1-3H3. The van der Waals surface area contributed by atoms with E-state index in [4.69, 9.17) is 9.47 Å². The zero-order chi connectivity index (χ0) is 19.1. The predicted molar refractivity (Wildman–Crippen MR) is 110 cm³/mol. The number of methoxy groups -OCH3 is 1. The highest BCUT2D eigenvalue weighted by Crippen LogP contribution is 2.27. The molecule has 1 aliphatic rings. The van der Waals surface area contributed by atoms with Crippen LogP contribution in [-0.2, 0) is 6.54 Å². The highest BCUT2D eigenvalue weighted by molar-refractivity contribution is 5.34. The summed E-state index contributed by atoms with van der Waals surface area (Å²) in [5, 5.41) is 3.67. The maximum absolute atomic E-state index is 5.95. The van der Waals surface area contributed by atoms with Crippen LogP contribution in [0.4, 0.5) is 0 Å². The number of hydrogen-bond donors (Lipinski definition) is 1. The smallest absolute Gasteiger partial charge is 0.124 e. The number of rotatable bonds is 9. The number of para-hydroxylation sites is 1. The summed E-state index contributed by atoms with van der Waals surface area (Å²) in [6, 6.07) is 17.1. The van der Waals surface area contributed by atoms with Gasteiger partial charge in [-0.1, -0.05) is 30.3 Å². The van der Waals surface area contributed by atoms with E-state index in [0.29, 0.717) is 6.04 Å². The molecule has 1 N–H and O–H groups in total. The van der Waals surface area contributed by atoms with Crippen molar-refractivity contribution >= 4 is 0 Å². The second-order valence-electron chi connectivity index (χ2n) is 7.44. The molecule has 0 aliphatic carbocycles. The average molecular weight is 369 g/mol. The molecule has 1 aliphatic heterocycles. The van der Waals surface area contributed by atoms with Crippen LogP contribution in [-0.4, -0.2) is 37.7 Å². The molecule has 1 atom stereocenters. The first-order valence-corrected chi connectivity index (χ1v) is 10.0. The molecule has 0 spiro atoms. The van der Waals surface area contributed by atoms with Gasteiger partial charge in [0.2, 0.25) is 0 Å². The molecular weight excluding hydrogens is 336 g/mol. The summed E-state index contributed by atoms with van der Waals surface area (Å²) in [6.07, 6.45) is 2.75. The molecule has 1 fully saturated rings. The van der Waals surface area contributed by atoms with E-state index in [1.165, 1.54) is 24.0 Å². The van der Waals surface area contributed by atoms with E-state index in [0.717, 1.165) is 37.7 Å². The van der Waals surface area contributed by atoms with Gasteiger partial charge in [-0.15, -0.1) is 0 Å². The zero-order valence-electron chi connectivity index (χ0n) is 16.8. The summed E-state index contributed by atoms with van der Waals surface area (Å²) < 4.78 is 11.4. The van der Waals surface area contributed by atoms with Gasteiger partial charge >= 0.3 is 0 Å². The van der Waals surface area contributed by atoms with Crippen LogP contribution in [0.25, 0.3) is 0 Å². The molecule has 0 aromatic heterocycles. The van der Waals surface area contributed by atoms with Crippen molar-refractivity contribution in [2.75, 3.05) is 26.7 Å². The minimum absolute atomic E-state index is 0.181. The largest absolute Gasteiger partial charge is 0.497 e. The first-order chi connectivity index (χ1) is 13.2. The highest BCUT2D eigenvalue weighted by Gasteiger charge is 2.23. The quantitative estimate of drug-likeness (QED) is 0.711.